The second-order valence-electron chi connectivity index (χ2n) is 4.10. The van der Waals surface area contributed by atoms with E-state index in [1.165, 1.54) is 0 Å². The molecule has 1 rings (SSSR count). The largest absolute Gasteiger partial charge is 0.374 e. The van der Waals surface area contributed by atoms with Gasteiger partial charge in [-0.25, -0.2) is 0 Å². The first-order valence-corrected chi connectivity index (χ1v) is 5.86. The Morgan fingerprint density at radius 1 is 1.31 bits per heavy atom. The Bertz CT molecular complexity index is 291. The zero-order chi connectivity index (χ0) is 12.0. The van der Waals surface area contributed by atoms with Gasteiger partial charge in [-0.2, -0.15) is 0 Å². The van der Waals surface area contributed by atoms with Gasteiger partial charge in [0, 0.05) is 44.4 Å². The van der Waals surface area contributed by atoms with E-state index in [4.69, 9.17) is 0 Å². The van der Waals surface area contributed by atoms with E-state index in [-0.39, 0.29) is 11.6 Å². The van der Waals surface area contributed by atoms with Crippen molar-refractivity contribution in [1.82, 2.24) is 10.2 Å². The molecule has 0 saturated carbocycles. The van der Waals surface area contributed by atoms with Gasteiger partial charge in [-0.15, -0.1) is 0 Å². The van der Waals surface area contributed by atoms with Gasteiger partial charge >= 0.3 is 0 Å². The van der Waals surface area contributed by atoms with E-state index in [2.05, 4.69) is 10.2 Å². The fraction of sp³-hybridized carbons (Fsp3) is 0.667. The molecule has 1 fully saturated rings. The smallest absolute Gasteiger partial charge is 0.225 e. The third kappa shape index (κ3) is 3.77. The Morgan fingerprint density at radius 2 is 1.94 bits per heavy atom. The van der Waals surface area contributed by atoms with Crippen LogP contribution in [0.3, 0.4) is 0 Å². The molecule has 0 amide bonds. The van der Waals surface area contributed by atoms with Gasteiger partial charge in [-0.3, -0.25) is 9.59 Å². The molecule has 16 heavy (non-hydrogen) atoms. The van der Waals surface area contributed by atoms with Crippen LogP contribution in [0.2, 0.25) is 0 Å². The van der Waals surface area contributed by atoms with Gasteiger partial charge in [0.1, 0.15) is 0 Å². The van der Waals surface area contributed by atoms with Crippen molar-refractivity contribution in [3.8, 4) is 0 Å². The molecule has 4 heteroatoms. The Morgan fingerprint density at radius 3 is 2.50 bits per heavy atom. The highest BCUT2D eigenvalue weighted by Gasteiger charge is 2.15. The van der Waals surface area contributed by atoms with Crippen LogP contribution in [0.1, 0.15) is 26.7 Å². The van der Waals surface area contributed by atoms with Crippen LogP contribution < -0.4 is 5.32 Å². The number of carbonyl (C=O) groups excluding carboxylic acids is 2. The van der Waals surface area contributed by atoms with E-state index in [0.717, 1.165) is 32.6 Å². The van der Waals surface area contributed by atoms with E-state index in [9.17, 15) is 9.59 Å². The maximum atomic E-state index is 11.6. The lowest BCUT2D eigenvalue weighted by atomic mass is 10.1. The standard InChI is InChI=1S/C12H20N2O2/c1-3-4-11(15)12(16)10(2)9-14-7-5-13-6-8-14/h9,13H,3-8H2,1-2H3. The molecular weight excluding hydrogens is 204 g/mol. The molecule has 0 unspecified atom stereocenters. The number of nitrogens with one attached hydrogen (secondary N) is 1. The van der Waals surface area contributed by atoms with Crippen LogP contribution >= 0.6 is 0 Å². The summed E-state index contributed by atoms with van der Waals surface area (Å²) in [5, 5.41) is 3.24. The first-order valence-electron chi connectivity index (χ1n) is 5.86. The molecule has 1 N–H and O–H groups in total. The Balaban J connectivity index is 2.54. The molecule has 1 aliphatic heterocycles. The minimum absolute atomic E-state index is 0.272. The number of hydrogen-bond acceptors (Lipinski definition) is 4. The maximum Gasteiger partial charge on any atom is 0.225 e. The third-order valence-corrected chi connectivity index (χ3v) is 2.62. The zero-order valence-electron chi connectivity index (χ0n) is 10.1. The van der Waals surface area contributed by atoms with E-state index in [1.54, 1.807) is 6.92 Å². The van der Waals surface area contributed by atoms with E-state index in [1.807, 2.05) is 13.1 Å². The number of hydrogen-bond donors (Lipinski definition) is 1. The summed E-state index contributed by atoms with van der Waals surface area (Å²) in [6.45, 7) is 7.28. The van der Waals surface area contributed by atoms with Crippen molar-refractivity contribution in [2.24, 2.45) is 0 Å². The summed E-state index contributed by atoms with van der Waals surface area (Å²) in [4.78, 5) is 25.1. The maximum absolute atomic E-state index is 11.6. The monoisotopic (exact) mass is 224 g/mol. The van der Waals surface area contributed by atoms with Gasteiger partial charge in [0.25, 0.3) is 0 Å². The predicted molar refractivity (Wildman–Crippen MR) is 63.1 cm³/mol. The zero-order valence-corrected chi connectivity index (χ0v) is 10.1. The lowest BCUT2D eigenvalue weighted by Crippen LogP contribution is -2.41. The van der Waals surface area contributed by atoms with Gasteiger partial charge in [0.05, 0.1) is 0 Å². The van der Waals surface area contributed by atoms with Crippen molar-refractivity contribution in [1.29, 1.82) is 0 Å². The van der Waals surface area contributed by atoms with Crippen molar-refractivity contribution in [3.63, 3.8) is 0 Å². The molecular formula is C12H20N2O2. The number of Topliss-reactive ketones (excluding diaryl/α,β-unsaturated/α-hetero) is 2. The molecule has 0 aromatic rings. The number of piperazine rings is 1. The van der Waals surface area contributed by atoms with Crippen molar-refractivity contribution in [2.75, 3.05) is 26.2 Å². The molecule has 0 spiro atoms. The van der Waals surface area contributed by atoms with E-state index in [0.29, 0.717) is 12.0 Å². The molecule has 4 nitrogen and oxygen atoms in total. The minimum atomic E-state index is -0.333. The van der Waals surface area contributed by atoms with Crippen molar-refractivity contribution in [2.45, 2.75) is 26.7 Å². The summed E-state index contributed by atoms with van der Waals surface area (Å²) < 4.78 is 0. The highest BCUT2D eigenvalue weighted by molar-refractivity contribution is 6.43. The van der Waals surface area contributed by atoms with Gasteiger partial charge in [0.2, 0.25) is 11.6 Å². The molecule has 0 aliphatic carbocycles. The van der Waals surface area contributed by atoms with E-state index < -0.39 is 0 Å². The molecule has 90 valence electrons. The molecule has 0 bridgehead atoms. The normalized spacial score (nSPS) is 17.4. The Kier molecular flexibility index (Phi) is 5.19. The number of rotatable bonds is 5. The molecule has 0 radical (unpaired) electrons. The topological polar surface area (TPSA) is 49.4 Å². The molecule has 1 heterocycles. The van der Waals surface area contributed by atoms with Gasteiger partial charge < -0.3 is 10.2 Å². The van der Waals surface area contributed by atoms with Crippen LogP contribution in [0, 0.1) is 0 Å². The second kappa shape index (κ2) is 6.43. The lowest BCUT2D eigenvalue weighted by Gasteiger charge is -2.26. The summed E-state index contributed by atoms with van der Waals surface area (Å²) >= 11 is 0. The summed E-state index contributed by atoms with van der Waals surface area (Å²) in [5.41, 5.74) is 0.556. The molecule has 0 aromatic heterocycles. The summed E-state index contributed by atoms with van der Waals surface area (Å²) in [6.07, 6.45) is 2.90. The van der Waals surface area contributed by atoms with E-state index >= 15 is 0 Å². The highest BCUT2D eigenvalue weighted by atomic mass is 16.2. The number of nitrogens with zero attached hydrogens (tertiary/aromatic N) is 1. The van der Waals surface area contributed by atoms with Gasteiger partial charge in [0.15, 0.2) is 0 Å². The number of carbonyl (C=O) groups is 2. The van der Waals surface area contributed by atoms with Gasteiger partial charge in [-0.05, 0) is 13.3 Å². The summed E-state index contributed by atoms with van der Waals surface area (Å²) in [7, 11) is 0. The van der Waals surface area contributed by atoms with Crippen LogP contribution in [0.5, 0.6) is 0 Å². The second-order valence-corrected chi connectivity index (χ2v) is 4.10. The quantitative estimate of drug-likeness (QED) is 0.552. The first-order chi connectivity index (χ1) is 7.65. The van der Waals surface area contributed by atoms with Gasteiger partial charge in [-0.1, -0.05) is 6.92 Å². The Labute approximate surface area is 96.7 Å². The molecule has 1 aliphatic rings. The SMILES string of the molecule is CCCC(=O)C(=O)C(C)=CN1CCNCC1. The first kappa shape index (κ1) is 12.9. The number of ketones is 2. The minimum Gasteiger partial charge on any atom is -0.374 e. The van der Waals surface area contributed by atoms with Crippen molar-refractivity contribution in [3.05, 3.63) is 11.8 Å². The fourth-order valence-electron chi connectivity index (χ4n) is 1.70. The predicted octanol–water partition coefficient (Wildman–Crippen LogP) is 0.734. The van der Waals surface area contributed by atoms with Crippen LogP contribution in [0.15, 0.2) is 11.8 Å². The van der Waals surface area contributed by atoms with Crippen LogP contribution in [0.25, 0.3) is 0 Å². The van der Waals surface area contributed by atoms with Crippen LogP contribution in [-0.4, -0.2) is 42.6 Å². The summed E-state index contributed by atoms with van der Waals surface area (Å²) in [6, 6.07) is 0. The summed E-state index contributed by atoms with van der Waals surface area (Å²) in [5.74, 6) is -0.605. The average Bonchev–Trinajstić information content (AvgIpc) is 2.29. The van der Waals surface area contributed by atoms with Crippen LogP contribution in [-0.2, 0) is 9.59 Å². The number of allylic oxidation sites excluding steroid dienone is 1. The van der Waals surface area contributed by atoms with Crippen molar-refractivity contribution >= 4 is 11.6 Å². The van der Waals surface area contributed by atoms with Crippen molar-refractivity contribution < 1.29 is 9.59 Å². The molecule has 1 saturated heterocycles. The average molecular weight is 224 g/mol. The Hall–Kier alpha value is -1.16. The lowest BCUT2D eigenvalue weighted by molar-refractivity contribution is -0.134. The fourth-order valence-corrected chi connectivity index (χ4v) is 1.70. The molecule has 0 aromatic carbocycles. The molecule has 0 atom stereocenters. The highest BCUT2D eigenvalue weighted by Crippen LogP contribution is 2.04. The third-order valence-electron chi connectivity index (χ3n) is 2.62. The van der Waals surface area contributed by atoms with Crippen LogP contribution in [0.4, 0.5) is 0 Å².